The highest BCUT2D eigenvalue weighted by atomic mass is 16.5. The average molecular weight is 202 g/mol. The zero-order valence-electron chi connectivity index (χ0n) is 9.55. The van der Waals surface area contributed by atoms with Gasteiger partial charge < -0.3 is 4.74 Å². The third-order valence-electron chi connectivity index (χ3n) is 2.25. The second-order valence-electron chi connectivity index (χ2n) is 3.44. The molecule has 1 aromatic carbocycles. The maximum Gasteiger partial charge on any atom is 0.108 e. The lowest BCUT2D eigenvalue weighted by Gasteiger charge is -2.07. The topological polar surface area (TPSA) is 9.23 Å². The molecule has 0 aromatic heterocycles. The van der Waals surface area contributed by atoms with Crippen LogP contribution in [0.4, 0.5) is 0 Å². The van der Waals surface area contributed by atoms with Crippen LogP contribution in [-0.2, 0) is 17.8 Å². The van der Waals surface area contributed by atoms with Gasteiger partial charge in [-0.2, -0.15) is 0 Å². The Balaban J connectivity index is 2.53. The van der Waals surface area contributed by atoms with Crippen LogP contribution < -0.4 is 0 Å². The second kappa shape index (κ2) is 7.09. The van der Waals surface area contributed by atoms with E-state index in [1.54, 1.807) is 0 Å². The molecule has 0 bridgehead atoms. The van der Waals surface area contributed by atoms with Crippen LogP contribution in [0.15, 0.2) is 24.3 Å². The Bertz CT molecular complexity index is 344. The van der Waals surface area contributed by atoms with Crippen molar-refractivity contribution in [1.82, 2.24) is 0 Å². The Morgan fingerprint density at radius 2 is 1.93 bits per heavy atom. The molecule has 0 saturated heterocycles. The smallest absolute Gasteiger partial charge is 0.108 e. The van der Waals surface area contributed by atoms with E-state index in [-0.39, 0.29) is 0 Å². The van der Waals surface area contributed by atoms with Gasteiger partial charge in [0.1, 0.15) is 6.61 Å². The zero-order chi connectivity index (χ0) is 10.9. The van der Waals surface area contributed by atoms with Gasteiger partial charge in [0, 0.05) is 0 Å². The van der Waals surface area contributed by atoms with Crippen LogP contribution in [-0.4, -0.2) is 6.61 Å². The minimum absolute atomic E-state index is 0.525. The van der Waals surface area contributed by atoms with E-state index < -0.39 is 0 Å². The van der Waals surface area contributed by atoms with Crippen LogP contribution >= 0.6 is 0 Å². The molecule has 0 aliphatic carbocycles. The molecule has 15 heavy (non-hydrogen) atoms. The Morgan fingerprint density at radius 3 is 2.60 bits per heavy atom. The van der Waals surface area contributed by atoms with Gasteiger partial charge in [0.15, 0.2) is 0 Å². The summed E-state index contributed by atoms with van der Waals surface area (Å²) < 4.78 is 5.47. The highest BCUT2D eigenvalue weighted by Gasteiger charge is 1.99. The van der Waals surface area contributed by atoms with Crippen LogP contribution in [0.1, 0.15) is 31.4 Å². The van der Waals surface area contributed by atoms with Crippen molar-refractivity contribution in [3.8, 4) is 11.8 Å². The van der Waals surface area contributed by atoms with E-state index in [0.717, 1.165) is 6.42 Å². The Labute approximate surface area is 92.5 Å². The van der Waals surface area contributed by atoms with Crippen LogP contribution in [0.3, 0.4) is 0 Å². The molecule has 0 saturated carbocycles. The van der Waals surface area contributed by atoms with Gasteiger partial charge in [-0.25, -0.2) is 0 Å². The molecule has 0 atom stereocenters. The molecule has 0 fully saturated rings. The standard InChI is InChI=1S/C14H18O/c1-3-5-11-15-12-14-10-7-6-9-13(14)8-4-2/h6-7,9-10H,4,8,11-12H2,1-2H3. The number of rotatable bonds is 5. The fourth-order valence-electron chi connectivity index (χ4n) is 1.50. The molecule has 1 nitrogen and oxygen atoms in total. The molecule has 0 unspecified atom stereocenters. The molecule has 0 spiro atoms. The predicted octanol–water partition coefficient (Wildman–Crippen LogP) is 3.18. The largest absolute Gasteiger partial charge is 0.364 e. The number of aryl methyl sites for hydroxylation is 1. The molecule has 0 N–H and O–H groups in total. The maximum absolute atomic E-state index is 5.47. The van der Waals surface area contributed by atoms with E-state index in [4.69, 9.17) is 4.74 Å². The van der Waals surface area contributed by atoms with E-state index in [1.165, 1.54) is 17.5 Å². The minimum Gasteiger partial charge on any atom is -0.364 e. The number of ether oxygens (including phenoxy) is 1. The van der Waals surface area contributed by atoms with Crippen molar-refractivity contribution in [2.45, 2.75) is 33.3 Å². The van der Waals surface area contributed by atoms with E-state index in [9.17, 15) is 0 Å². The molecule has 1 rings (SSSR count). The van der Waals surface area contributed by atoms with Crippen LogP contribution in [0.5, 0.6) is 0 Å². The molecule has 0 aliphatic rings. The van der Waals surface area contributed by atoms with Gasteiger partial charge >= 0.3 is 0 Å². The van der Waals surface area contributed by atoms with Crippen molar-refractivity contribution in [3.63, 3.8) is 0 Å². The highest BCUT2D eigenvalue weighted by Crippen LogP contribution is 2.11. The lowest BCUT2D eigenvalue weighted by atomic mass is 10.0. The first-order chi connectivity index (χ1) is 7.38. The van der Waals surface area contributed by atoms with Gasteiger partial charge in [-0.1, -0.05) is 43.5 Å². The fourth-order valence-corrected chi connectivity index (χ4v) is 1.50. The van der Waals surface area contributed by atoms with Crippen molar-refractivity contribution < 1.29 is 4.74 Å². The Morgan fingerprint density at radius 1 is 1.20 bits per heavy atom. The first-order valence-corrected chi connectivity index (χ1v) is 5.42. The molecular weight excluding hydrogens is 184 g/mol. The summed E-state index contributed by atoms with van der Waals surface area (Å²) in [6, 6.07) is 8.45. The van der Waals surface area contributed by atoms with E-state index in [1.807, 2.05) is 6.92 Å². The molecule has 0 heterocycles. The van der Waals surface area contributed by atoms with Crippen molar-refractivity contribution in [3.05, 3.63) is 35.4 Å². The van der Waals surface area contributed by atoms with Gasteiger partial charge in [0.05, 0.1) is 6.61 Å². The lowest BCUT2D eigenvalue weighted by molar-refractivity contribution is 0.153. The average Bonchev–Trinajstić information content (AvgIpc) is 2.27. The summed E-state index contributed by atoms with van der Waals surface area (Å²) >= 11 is 0. The van der Waals surface area contributed by atoms with Crippen LogP contribution in [0.2, 0.25) is 0 Å². The van der Waals surface area contributed by atoms with E-state index >= 15 is 0 Å². The second-order valence-corrected chi connectivity index (χ2v) is 3.44. The van der Waals surface area contributed by atoms with Crippen molar-refractivity contribution >= 4 is 0 Å². The van der Waals surface area contributed by atoms with Gasteiger partial charge in [0.2, 0.25) is 0 Å². The normalized spacial score (nSPS) is 9.47. The molecule has 0 radical (unpaired) electrons. The summed E-state index contributed by atoms with van der Waals surface area (Å²) in [5, 5.41) is 0. The SMILES string of the molecule is CC#CCOCc1ccccc1CCC. The first kappa shape index (κ1) is 11.8. The molecule has 80 valence electrons. The lowest BCUT2D eigenvalue weighted by Crippen LogP contribution is -1.98. The van der Waals surface area contributed by atoms with Crippen molar-refractivity contribution in [2.75, 3.05) is 6.61 Å². The summed E-state index contributed by atoms with van der Waals surface area (Å²) in [4.78, 5) is 0. The minimum atomic E-state index is 0.525. The number of hydrogen-bond donors (Lipinski definition) is 0. The third-order valence-corrected chi connectivity index (χ3v) is 2.25. The summed E-state index contributed by atoms with van der Waals surface area (Å²) in [5.41, 5.74) is 2.68. The first-order valence-electron chi connectivity index (χ1n) is 5.42. The van der Waals surface area contributed by atoms with Gasteiger partial charge in [-0.3, -0.25) is 0 Å². The van der Waals surface area contributed by atoms with E-state index in [2.05, 4.69) is 43.0 Å². The summed E-state index contributed by atoms with van der Waals surface area (Å²) in [7, 11) is 0. The Hall–Kier alpha value is -1.26. The molecule has 1 heteroatoms. The molecule has 0 amide bonds. The summed E-state index contributed by atoms with van der Waals surface area (Å²) in [6.07, 6.45) is 2.30. The summed E-state index contributed by atoms with van der Waals surface area (Å²) in [5.74, 6) is 5.72. The summed E-state index contributed by atoms with van der Waals surface area (Å²) in [6.45, 7) is 5.22. The maximum atomic E-state index is 5.47. The number of benzene rings is 1. The fraction of sp³-hybridized carbons (Fsp3) is 0.429. The quantitative estimate of drug-likeness (QED) is 0.526. The van der Waals surface area contributed by atoms with Crippen LogP contribution in [0.25, 0.3) is 0 Å². The zero-order valence-corrected chi connectivity index (χ0v) is 9.55. The molecule has 0 aliphatic heterocycles. The molecular formula is C14H18O. The van der Waals surface area contributed by atoms with Crippen molar-refractivity contribution in [1.29, 1.82) is 0 Å². The monoisotopic (exact) mass is 202 g/mol. The van der Waals surface area contributed by atoms with Gasteiger partial charge in [-0.15, -0.1) is 5.92 Å². The van der Waals surface area contributed by atoms with Crippen molar-refractivity contribution in [2.24, 2.45) is 0 Å². The molecule has 1 aromatic rings. The van der Waals surface area contributed by atoms with Gasteiger partial charge in [0.25, 0.3) is 0 Å². The Kier molecular flexibility index (Phi) is 5.58. The van der Waals surface area contributed by atoms with Crippen LogP contribution in [0, 0.1) is 11.8 Å². The predicted molar refractivity (Wildman–Crippen MR) is 63.5 cm³/mol. The number of hydrogen-bond acceptors (Lipinski definition) is 1. The highest BCUT2D eigenvalue weighted by molar-refractivity contribution is 5.26. The third kappa shape index (κ3) is 4.18. The van der Waals surface area contributed by atoms with E-state index in [0.29, 0.717) is 13.2 Å². The van der Waals surface area contributed by atoms with Gasteiger partial charge in [-0.05, 0) is 24.5 Å².